The van der Waals surface area contributed by atoms with Gasteiger partial charge in [0.15, 0.2) is 0 Å². The van der Waals surface area contributed by atoms with Gasteiger partial charge in [0.1, 0.15) is 0 Å². The maximum Gasteiger partial charge on any atom is 0.0586 e. The standard InChI is InChI=1S/C12H23NO2/c1-15-12-4-2-3-11(9-12)13(7-8-14)10-5-6-10/h10-12,14H,2-9H2,1H3. The van der Waals surface area contributed by atoms with E-state index in [1.807, 2.05) is 7.11 Å². The predicted molar refractivity (Wildman–Crippen MR) is 59.9 cm³/mol. The summed E-state index contributed by atoms with van der Waals surface area (Å²) in [7, 11) is 1.82. The third-order valence-electron chi connectivity index (χ3n) is 3.77. The molecule has 0 aromatic heterocycles. The van der Waals surface area contributed by atoms with Crippen molar-refractivity contribution in [3.8, 4) is 0 Å². The maximum atomic E-state index is 9.09. The van der Waals surface area contributed by atoms with E-state index in [1.165, 1.54) is 32.1 Å². The van der Waals surface area contributed by atoms with Crippen molar-refractivity contribution in [3.05, 3.63) is 0 Å². The minimum absolute atomic E-state index is 0.296. The van der Waals surface area contributed by atoms with Gasteiger partial charge < -0.3 is 9.84 Å². The van der Waals surface area contributed by atoms with Crippen LogP contribution in [-0.2, 0) is 4.74 Å². The molecule has 2 unspecified atom stereocenters. The van der Waals surface area contributed by atoms with Gasteiger partial charge in [-0.15, -0.1) is 0 Å². The molecular weight excluding hydrogens is 190 g/mol. The lowest BCUT2D eigenvalue weighted by molar-refractivity contribution is 0.0206. The Balaban J connectivity index is 1.88. The first-order chi connectivity index (χ1) is 7.35. The lowest BCUT2D eigenvalue weighted by Crippen LogP contribution is -2.43. The van der Waals surface area contributed by atoms with Crippen molar-refractivity contribution in [2.75, 3.05) is 20.3 Å². The van der Waals surface area contributed by atoms with Crippen molar-refractivity contribution >= 4 is 0 Å². The lowest BCUT2D eigenvalue weighted by Gasteiger charge is -2.37. The normalized spacial score (nSPS) is 32.2. The number of aliphatic hydroxyl groups excluding tert-OH is 1. The summed E-state index contributed by atoms with van der Waals surface area (Å²) in [5, 5.41) is 9.09. The monoisotopic (exact) mass is 213 g/mol. The van der Waals surface area contributed by atoms with Gasteiger partial charge in [-0.2, -0.15) is 0 Å². The Kier molecular flexibility index (Phi) is 4.00. The number of methoxy groups -OCH3 is 1. The zero-order valence-electron chi connectivity index (χ0n) is 9.69. The molecule has 88 valence electrons. The van der Waals surface area contributed by atoms with Gasteiger partial charge in [0.05, 0.1) is 12.7 Å². The molecule has 0 heterocycles. The summed E-state index contributed by atoms with van der Waals surface area (Å²) in [6.45, 7) is 1.15. The van der Waals surface area contributed by atoms with Crippen LogP contribution in [0.2, 0.25) is 0 Å². The number of aliphatic hydroxyl groups is 1. The largest absolute Gasteiger partial charge is 0.395 e. The SMILES string of the molecule is COC1CCCC(N(CCO)C2CC2)C1. The van der Waals surface area contributed by atoms with E-state index in [1.54, 1.807) is 0 Å². The van der Waals surface area contributed by atoms with Crippen molar-refractivity contribution in [1.82, 2.24) is 4.90 Å². The second kappa shape index (κ2) is 5.28. The first-order valence-corrected chi connectivity index (χ1v) is 6.24. The topological polar surface area (TPSA) is 32.7 Å². The summed E-state index contributed by atoms with van der Waals surface area (Å²) in [5.41, 5.74) is 0. The summed E-state index contributed by atoms with van der Waals surface area (Å²) >= 11 is 0. The molecule has 3 heteroatoms. The fraction of sp³-hybridized carbons (Fsp3) is 1.00. The van der Waals surface area contributed by atoms with E-state index in [0.717, 1.165) is 19.0 Å². The highest BCUT2D eigenvalue weighted by molar-refractivity contribution is 4.91. The minimum Gasteiger partial charge on any atom is -0.395 e. The predicted octanol–water partition coefficient (Wildman–Crippen LogP) is 1.40. The van der Waals surface area contributed by atoms with Gasteiger partial charge >= 0.3 is 0 Å². The van der Waals surface area contributed by atoms with Crippen LogP contribution in [0.4, 0.5) is 0 Å². The number of hydrogen-bond donors (Lipinski definition) is 1. The molecule has 15 heavy (non-hydrogen) atoms. The molecule has 0 radical (unpaired) electrons. The zero-order chi connectivity index (χ0) is 10.7. The van der Waals surface area contributed by atoms with Gasteiger partial charge in [-0.05, 0) is 38.5 Å². The maximum absolute atomic E-state index is 9.09. The van der Waals surface area contributed by atoms with Gasteiger partial charge in [0.2, 0.25) is 0 Å². The summed E-state index contributed by atoms with van der Waals surface area (Å²) in [5.74, 6) is 0. The highest BCUT2D eigenvalue weighted by atomic mass is 16.5. The van der Waals surface area contributed by atoms with Gasteiger partial charge in [0, 0.05) is 25.7 Å². The Labute approximate surface area is 92.4 Å². The Morgan fingerprint density at radius 2 is 2.00 bits per heavy atom. The molecule has 2 fully saturated rings. The number of hydrogen-bond acceptors (Lipinski definition) is 3. The molecule has 0 saturated heterocycles. The van der Waals surface area contributed by atoms with Crippen molar-refractivity contribution in [2.24, 2.45) is 0 Å². The Morgan fingerprint density at radius 3 is 2.60 bits per heavy atom. The van der Waals surface area contributed by atoms with Crippen LogP contribution in [0.5, 0.6) is 0 Å². The molecule has 2 aliphatic carbocycles. The Morgan fingerprint density at radius 1 is 1.20 bits per heavy atom. The molecule has 2 saturated carbocycles. The van der Waals surface area contributed by atoms with E-state index in [4.69, 9.17) is 9.84 Å². The molecule has 0 spiro atoms. The van der Waals surface area contributed by atoms with E-state index >= 15 is 0 Å². The molecule has 0 aromatic carbocycles. The second-order valence-electron chi connectivity index (χ2n) is 4.87. The van der Waals surface area contributed by atoms with E-state index in [-0.39, 0.29) is 0 Å². The van der Waals surface area contributed by atoms with E-state index in [9.17, 15) is 0 Å². The van der Waals surface area contributed by atoms with Crippen LogP contribution in [0.1, 0.15) is 38.5 Å². The van der Waals surface area contributed by atoms with Crippen molar-refractivity contribution in [3.63, 3.8) is 0 Å². The minimum atomic E-state index is 0.296. The highest BCUT2D eigenvalue weighted by Gasteiger charge is 2.35. The fourth-order valence-electron chi connectivity index (χ4n) is 2.82. The molecule has 1 N–H and O–H groups in total. The molecule has 2 aliphatic rings. The van der Waals surface area contributed by atoms with Gasteiger partial charge in [-0.25, -0.2) is 0 Å². The van der Waals surface area contributed by atoms with Crippen LogP contribution in [0.15, 0.2) is 0 Å². The van der Waals surface area contributed by atoms with Crippen molar-refractivity contribution in [2.45, 2.75) is 56.7 Å². The number of rotatable bonds is 5. The number of ether oxygens (including phenoxy) is 1. The van der Waals surface area contributed by atoms with Gasteiger partial charge in [0.25, 0.3) is 0 Å². The van der Waals surface area contributed by atoms with Crippen molar-refractivity contribution in [1.29, 1.82) is 0 Å². The van der Waals surface area contributed by atoms with Crippen LogP contribution in [0.3, 0.4) is 0 Å². The summed E-state index contributed by atoms with van der Waals surface area (Å²) < 4.78 is 5.46. The molecule has 2 rings (SSSR count). The van der Waals surface area contributed by atoms with Crippen molar-refractivity contribution < 1.29 is 9.84 Å². The summed E-state index contributed by atoms with van der Waals surface area (Å²) in [6.07, 6.45) is 8.04. The molecular formula is C12H23NO2. The van der Waals surface area contributed by atoms with E-state index < -0.39 is 0 Å². The summed E-state index contributed by atoms with van der Waals surface area (Å²) in [4.78, 5) is 2.52. The molecule has 0 aromatic rings. The molecule has 0 aliphatic heterocycles. The average Bonchev–Trinajstić information content (AvgIpc) is 3.10. The Bertz CT molecular complexity index is 194. The first kappa shape index (κ1) is 11.4. The lowest BCUT2D eigenvalue weighted by atomic mass is 9.91. The molecule has 3 nitrogen and oxygen atoms in total. The fourth-order valence-corrected chi connectivity index (χ4v) is 2.82. The van der Waals surface area contributed by atoms with Crippen LogP contribution < -0.4 is 0 Å². The van der Waals surface area contributed by atoms with Gasteiger partial charge in [-0.1, -0.05) is 0 Å². The molecule has 0 amide bonds. The smallest absolute Gasteiger partial charge is 0.0586 e. The van der Waals surface area contributed by atoms with E-state index in [0.29, 0.717) is 18.8 Å². The zero-order valence-corrected chi connectivity index (χ0v) is 9.69. The number of nitrogens with zero attached hydrogens (tertiary/aromatic N) is 1. The average molecular weight is 213 g/mol. The summed E-state index contributed by atoms with van der Waals surface area (Å²) in [6, 6.07) is 1.42. The van der Waals surface area contributed by atoms with E-state index in [2.05, 4.69) is 4.90 Å². The third kappa shape index (κ3) is 2.92. The third-order valence-corrected chi connectivity index (χ3v) is 3.77. The van der Waals surface area contributed by atoms with Crippen LogP contribution in [0, 0.1) is 0 Å². The van der Waals surface area contributed by atoms with Crippen LogP contribution in [-0.4, -0.2) is 48.5 Å². The Hall–Kier alpha value is -0.120. The quantitative estimate of drug-likeness (QED) is 0.749. The van der Waals surface area contributed by atoms with Gasteiger partial charge in [-0.3, -0.25) is 4.90 Å². The second-order valence-corrected chi connectivity index (χ2v) is 4.87. The molecule has 2 atom stereocenters. The van der Waals surface area contributed by atoms with Crippen LogP contribution >= 0.6 is 0 Å². The highest BCUT2D eigenvalue weighted by Crippen LogP contribution is 2.33. The first-order valence-electron chi connectivity index (χ1n) is 6.24. The van der Waals surface area contributed by atoms with Crippen LogP contribution in [0.25, 0.3) is 0 Å². The molecule has 0 bridgehead atoms.